The zero-order chi connectivity index (χ0) is 18.3. The number of halogens is 3. The number of amidine groups is 1. The van der Waals surface area contributed by atoms with Crippen LogP contribution in [-0.4, -0.2) is 28.8 Å². The van der Waals surface area contributed by atoms with Gasteiger partial charge in [-0.05, 0) is 31.4 Å². The molecule has 0 N–H and O–H groups in total. The summed E-state index contributed by atoms with van der Waals surface area (Å²) in [6, 6.07) is 2.98. The molecular formula is C19H18F3N3O. The monoisotopic (exact) mass is 361 g/mol. The third kappa shape index (κ3) is 3.02. The third-order valence-electron chi connectivity index (χ3n) is 4.76. The van der Waals surface area contributed by atoms with Crippen LogP contribution < -0.4 is 0 Å². The van der Waals surface area contributed by atoms with Gasteiger partial charge in [-0.25, -0.2) is 13.2 Å². The highest BCUT2D eigenvalue weighted by Gasteiger charge is 2.32. The molecule has 4 rings (SSSR count). The van der Waals surface area contributed by atoms with Gasteiger partial charge in [0.2, 0.25) is 0 Å². The first kappa shape index (κ1) is 16.9. The van der Waals surface area contributed by atoms with Gasteiger partial charge in [0.25, 0.3) is 0 Å². The second-order valence-corrected chi connectivity index (χ2v) is 6.69. The number of hydrogen-bond acceptors (Lipinski definition) is 4. The van der Waals surface area contributed by atoms with Crippen LogP contribution >= 0.6 is 0 Å². The zero-order valence-corrected chi connectivity index (χ0v) is 14.3. The van der Waals surface area contributed by atoms with Gasteiger partial charge in [-0.2, -0.15) is 0 Å². The molecule has 3 heterocycles. The lowest BCUT2D eigenvalue weighted by atomic mass is 9.97. The van der Waals surface area contributed by atoms with Gasteiger partial charge in [0.1, 0.15) is 23.3 Å². The molecule has 2 aliphatic rings. The van der Waals surface area contributed by atoms with E-state index in [0.717, 1.165) is 37.3 Å². The van der Waals surface area contributed by atoms with E-state index in [1.54, 1.807) is 19.2 Å². The summed E-state index contributed by atoms with van der Waals surface area (Å²) in [5, 5.41) is 4.15. The SMILES string of the molecule is Cc1cnc([C@@H]2CC(N3CCCC3)=NO2)c(-c2c(F)cc(F)cc2F)c1. The second-order valence-electron chi connectivity index (χ2n) is 6.69. The van der Waals surface area contributed by atoms with Crippen LogP contribution in [0.5, 0.6) is 0 Å². The van der Waals surface area contributed by atoms with E-state index in [2.05, 4.69) is 15.0 Å². The van der Waals surface area contributed by atoms with Crippen molar-refractivity contribution < 1.29 is 18.0 Å². The van der Waals surface area contributed by atoms with Gasteiger partial charge in [-0.15, -0.1) is 0 Å². The lowest BCUT2D eigenvalue weighted by Gasteiger charge is -2.17. The van der Waals surface area contributed by atoms with Crippen molar-refractivity contribution >= 4 is 5.84 Å². The lowest BCUT2D eigenvalue weighted by Crippen LogP contribution is -2.26. The number of rotatable bonds is 2. The molecule has 1 atom stereocenters. The maximum Gasteiger partial charge on any atom is 0.177 e. The summed E-state index contributed by atoms with van der Waals surface area (Å²) >= 11 is 0. The van der Waals surface area contributed by atoms with Crippen LogP contribution in [0.4, 0.5) is 13.2 Å². The first-order valence-corrected chi connectivity index (χ1v) is 8.62. The van der Waals surface area contributed by atoms with Crippen molar-refractivity contribution in [2.75, 3.05) is 13.1 Å². The van der Waals surface area contributed by atoms with E-state index < -0.39 is 23.6 Å². The van der Waals surface area contributed by atoms with Crippen LogP contribution in [0.1, 0.15) is 36.6 Å². The molecule has 0 radical (unpaired) electrons. The highest BCUT2D eigenvalue weighted by molar-refractivity contribution is 5.84. The summed E-state index contributed by atoms with van der Waals surface area (Å²) < 4.78 is 41.9. The Hall–Kier alpha value is -2.57. The van der Waals surface area contributed by atoms with E-state index in [1.807, 2.05) is 0 Å². The van der Waals surface area contributed by atoms with Crippen molar-refractivity contribution in [3.05, 3.63) is 53.1 Å². The molecule has 1 fully saturated rings. The topological polar surface area (TPSA) is 37.7 Å². The van der Waals surface area contributed by atoms with Gasteiger partial charge < -0.3 is 9.74 Å². The Labute approximate surface area is 149 Å². The standard InChI is InChI=1S/C19H18F3N3O/c1-11-6-13(18-14(21)7-12(20)8-15(18)22)19(23-10-11)16-9-17(24-26-16)25-4-2-3-5-25/h6-8,10,16H,2-5,9H2,1H3/t16-/m0/s1. The minimum atomic E-state index is -0.963. The van der Waals surface area contributed by atoms with Gasteiger partial charge in [0.15, 0.2) is 6.10 Å². The predicted molar refractivity (Wildman–Crippen MR) is 91.0 cm³/mol. The average Bonchev–Trinajstić information content (AvgIpc) is 3.25. The molecule has 0 saturated carbocycles. The Bertz CT molecular complexity index is 855. The van der Waals surface area contributed by atoms with Crippen molar-refractivity contribution in [2.24, 2.45) is 5.16 Å². The molecule has 7 heteroatoms. The van der Waals surface area contributed by atoms with Crippen molar-refractivity contribution in [2.45, 2.75) is 32.3 Å². The summed E-state index contributed by atoms with van der Waals surface area (Å²) in [6.45, 7) is 3.65. The molecule has 0 amide bonds. The number of nitrogens with zero attached hydrogens (tertiary/aromatic N) is 3. The summed E-state index contributed by atoms with van der Waals surface area (Å²) in [7, 11) is 0. The minimum absolute atomic E-state index is 0.267. The highest BCUT2D eigenvalue weighted by atomic mass is 19.1. The lowest BCUT2D eigenvalue weighted by molar-refractivity contribution is 0.0828. The number of aryl methyl sites for hydroxylation is 1. The molecule has 0 bridgehead atoms. The molecule has 0 aliphatic carbocycles. The van der Waals surface area contributed by atoms with Crippen molar-refractivity contribution in [1.82, 2.24) is 9.88 Å². The maximum absolute atomic E-state index is 14.3. The molecule has 26 heavy (non-hydrogen) atoms. The Morgan fingerprint density at radius 1 is 1.08 bits per heavy atom. The number of oxime groups is 1. The average molecular weight is 361 g/mol. The van der Waals surface area contributed by atoms with Crippen molar-refractivity contribution in [3.63, 3.8) is 0 Å². The third-order valence-corrected chi connectivity index (χ3v) is 4.76. The Morgan fingerprint density at radius 3 is 2.46 bits per heavy atom. The van der Waals surface area contributed by atoms with E-state index in [4.69, 9.17) is 4.84 Å². The Kier molecular flexibility index (Phi) is 4.30. The van der Waals surface area contributed by atoms with Crippen molar-refractivity contribution in [1.29, 1.82) is 0 Å². The molecule has 4 nitrogen and oxygen atoms in total. The van der Waals surface area contributed by atoms with Gasteiger partial charge in [0, 0.05) is 37.0 Å². The minimum Gasteiger partial charge on any atom is -0.384 e. The molecule has 2 aromatic rings. The van der Waals surface area contributed by atoms with Crippen LogP contribution in [0.15, 0.2) is 29.6 Å². The number of hydrogen-bond donors (Lipinski definition) is 0. The largest absolute Gasteiger partial charge is 0.384 e. The Morgan fingerprint density at radius 2 is 1.77 bits per heavy atom. The Balaban J connectivity index is 1.71. The molecule has 1 aromatic heterocycles. The van der Waals surface area contributed by atoms with Crippen LogP contribution in [-0.2, 0) is 4.84 Å². The normalized spacial score (nSPS) is 19.6. The first-order chi connectivity index (χ1) is 12.5. The zero-order valence-electron chi connectivity index (χ0n) is 14.3. The van der Waals surface area contributed by atoms with E-state index in [0.29, 0.717) is 24.2 Å². The first-order valence-electron chi connectivity index (χ1n) is 8.62. The van der Waals surface area contributed by atoms with E-state index >= 15 is 0 Å². The summed E-state index contributed by atoms with van der Waals surface area (Å²) in [4.78, 5) is 12.1. The molecule has 1 aromatic carbocycles. The predicted octanol–water partition coefficient (Wildman–Crippen LogP) is 4.35. The summed E-state index contributed by atoms with van der Waals surface area (Å²) in [5.74, 6) is -2.05. The molecule has 2 aliphatic heterocycles. The molecular weight excluding hydrogens is 343 g/mol. The number of aromatic nitrogens is 1. The number of benzene rings is 1. The smallest absolute Gasteiger partial charge is 0.177 e. The van der Waals surface area contributed by atoms with E-state index in [9.17, 15) is 13.2 Å². The molecule has 136 valence electrons. The molecule has 0 unspecified atom stereocenters. The van der Waals surface area contributed by atoms with Crippen molar-refractivity contribution in [3.8, 4) is 11.1 Å². The van der Waals surface area contributed by atoms with Crippen LogP contribution in [0, 0.1) is 24.4 Å². The summed E-state index contributed by atoms with van der Waals surface area (Å²) in [6.07, 6.45) is 3.82. The maximum atomic E-state index is 14.3. The number of pyridine rings is 1. The van der Waals surface area contributed by atoms with Gasteiger partial charge >= 0.3 is 0 Å². The summed E-state index contributed by atoms with van der Waals surface area (Å²) in [5.41, 5.74) is 1.11. The van der Waals surface area contributed by atoms with Crippen LogP contribution in [0.2, 0.25) is 0 Å². The van der Waals surface area contributed by atoms with Gasteiger partial charge in [-0.1, -0.05) is 5.16 Å². The molecule has 0 spiro atoms. The van der Waals surface area contributed by atoms with Gasteiger partial charge in [-0.3, -0.25) is 4.98 Å². The fourth-order valence-corrected chi connectivity index (χ4v) is 3.51. The number of likely N-dealkylation sites (tertiary alicyclic amines) is 1. The highest BCUT2D eigenvalue weighted by Crippen LogP contribution is 2.37. The fourth-order valence-electron chi connectivity index (χ4n) is 3.51. The fraction of sp³-hybridized carbons (Fsp3) is 0.368. The quantitative estimate of drug-likeness (QED) is 0.798. The molecule has 1 saturated heterocycles. The van der Waals surface area contributed by atoms with E-state index in [1.165, 1.54) is 0 Å². The van der Waals surface area contributed by atoms with Crippen LogP contribution in [0.3, 0.4) is 0 Å². The van der Waals surface area contributed by atoms with E-state index in [-0.39, 0.29) is 11.1 Å². The van der Waals surface area contributed by atoms with Crippen LogP contribution in [0.25, 0.3) is 11.1 Å². The second kappa shape index (κ2) is 6.63. The van der Waals surface area contributed by atoms with Gasteiger partial charge in [0.05, 0.1) is 17.7 Å².